The zero-order chi connectivity index (χ0) is 14.5. The van der Waals surface area contributed by atoms with Crippen molar-refractivity contribution in [1.82, 2.24) is 10.4 Å². The number of pyridine rings is 1. The van der Waals surface area contributed by atoms with Gasteiger partial charge in [-0.25, -0.2) is 8.78 Å². The molecule has 0 aliphatic rings. The third-order valence-corrected chi connectivity index (χ3v) is 3.35. The Labute approximate surface area is 124 Å². The Hall–Kier alpha value is -1.37. The number of aromatic nitrogens is 1. The standard InChI is InChI=1S/C14H14BrF2N3/c15-10-1-2-13(19-8-10)7-14(20-18)5-9-3-11(16)6-12(17)4-9/h1-4,6,8,14,20H,5,7,18H2. The van der Waals surface area contributed by atoms with E-state index in [9.17, 15) is 8.78 Å². The molecular formula is C14H14BrF2N3. The molecule has 3 N–H and O–H groups in total. The van der Waals surface area contributed by atoms with E-state index in [2.05, 4.69) is 26.3 Å². The van der Waals surface area contributed by atoms with Gasteiger partial charge in [-0.3, -0.25) is 16.3 Å². The number of hydrazine groups is 1. The molecule has 0 radical (unpaired) electrons. The fraction of sp³-hybridized carbons (Fsp3) is 0.214. The molecule has 0 spiro atoms. The van der Waals surface area contributed by atoms with Gasteiger partial charge < -0.3 is 0 Å². The largest absolute Gasteiger partial charge is 0.271 e. The first kappa shape index (κ1) is 15.0. The highest BCUT2D eigenvalue weighted by Crippen LogP contribution is 2.13. The van der Waals surface area contributed by atoms with Gasteiger partial charge in [-0.05, 0) is 52.2 Å². The minimum absolute atomic E-state index is 0.148. The van der Waals surface area contributed by atoms with Crippen molar-refractivity contribution in [1.29, 1.82) is 0 Å². The topological polar surface area (TPSA) is 50.9 Å². The number of nitrogens with two attached hydrogens (primary N) is 1. The van der Waals surface area contributed by atoms with E-state index in [1.54, 1.807) is 6.20 Å². The van der Waals surface area contributed by atoms with Gasteiger partial charge in [0.05, 0.1) is 0 Å². The Morgan fingerprint density at radius 1 is 1.15 bits per heavy atom. The summed E-state index contributed by atoms with van der Waals surface area (Å²) in [6.07, 6.45) is 2.69. The Kier molecular flexibility index (Phi) is 5.17. The van der Waals surface area contributed by atoms with Gasteiger partial charge in [0.1, 0.15) is 11.6 Å². The predicted molar refractivity (Wildman–Crippen MR) is 76.8 cm³/mol. The average Bonchev–Trinajstić information content (AvgIpc) is 2.39. The van der Waals surface area contributed by atoms with Crippen molar-refractivity contribution < 1.29 is 8.78 Å². The molecule has 0 bridgehead atoms. The molecule has 20 heavy (non-hydrogen) atoms. The molecule has 0 fully saturated rings. The molecule has 0 amide bonds. The van der Waals surface area contributed by atoms with Gasteiger partial charge in [0.15, 0.2) is 0 Å². The molecule has 1 heterocycles. The van der Waals surface area contributed by atoms with Crippen molar-refractivity contribution in [3.05, 3.63) is 63.9 Å². The second-order valence-electron chi connectivity index (χ2n) is 4.52. The summed E-state index contributed by atoms with van der Waals surface area (Å²) in [6, 6.07) is 7.08. The normalized spacial score (nSPS) is 12.4. The van der Waals surface area contributed by atoms with E-state index >= 15 is 0 Å². The SMILES string of the molecule is NNC(Cc1cc(F)cc(F)c1)Cc1ccc(Br)cn1. The van der Waals surface area contributed by atoms with Crippen LogP contribution in [0.2, 0.25) is 0 Å². The highest BCUT2D eigenvalue weighted by molar-refractivity contribution is 9.10. The molecule has 0 saturated heterocycles. The van der Waals surface area contributed by atoms with E-state index in [1.165, 1.54) is 12.1 Å². The van der Waals surface area contributed by atoms with E-state index < -0.39 is 11.6 Å². The summed E-state index contributed by atoms with van der Waals surface area (Å²) in [5, 5.41) is 0. The number of benzene rings is 1. The van der Waals surface area contributed by atoms with Crippen molar-refractivity contribution in [2.24, 2.45) is 5.84 Å². The van der Waals surface area contributed by atoms with Crippen LogP contribution < -0.4 is 11.3 Å². The fourth-order valence-corrected chi connectivity index (χ4v) is 2.22. The number of nitrogens with zero attached hydrogens (tertiary/aromatic N) is 1. The van der Waals surface area contributed by atoms with E-state index in [0.29, 0.717) is 18.4 Å². The maximum absolute atomic E-state index is 13.1. The van der Waals surface area contributed by atoms with Crippen LogP contribution in [0, 0.1) is 11.6 Å². The van der Waals surface area contributed by atoms with Crippen LogP contribution in [0.5, 0.6) is 0 Å². The summed E-state index contributed by atoms with van der Waals surface area (Å²) in [4.78, 5) is 4.25. The lowest BCUT2D eigenvalue weighted by atomic mass is 10.0. The van der Waals surface area contributed by atoms with Crippen molar-refractivity contribution >= 4 is 15.9 Å². The third-order valence-electron chi connectivity index (χ3n) is 2.88. The molecule has 3 nitrogen and oxygen atoms in total. The molecule has 106 valence electrons. The van der Waals surface area contributed by atoms with E-state index in [0.717, 1.165) is 16.2 Å². The van der Waals surface area contributed by atoms with E-state index in [1.807, 2.05) is 12.1 Å². The van der Waals surface area contributed by atoms with Crippen LogP contribution in [0.1, 0.15) is 11.3 Å². The van der Waals surface area contributed by atoms with Crippen LogP contribution in [0.15, 0.2) is 41.0 Å². The van der Waals surface area contributed by atoms with Crippen molar-refractivity contribution in [3.8, 4) is 0 Å². The molecule has 0 aliphatic carbocycles. The number of rotatable bonds is 5. The molecule has 0 saturated carbocycles. The molecule has 2 aromatic rings. The number of hydrogen-bond donors (Lipinski definition) is 2. The van der Waals surface area contributed by atoms with Crippen LogP contribution in [0.25, 0.3) is 0 Å². The monoisotopic (exact) mass is 341 g/mol. The zero-order valence-corrected chi connectivity index (χ0v) is 12.2. The second-order valence-corrected chi connectivity index (χ2v) is 5.43. The van der Waals surface area contributed by atoms with Crippen molar-refractivity contribution in [2.45, 2.75) is 18.9 Å². The smallest absolute Gasteiger partial charge is 0.126 e. The molecule has 1 atom stereocenters. The lowest BCUT2D eigenvalue weighted by molar-refractivity contribution is 0.512. The molecule has 2 rings (SSSR count). The summed E-state index contributed by atoms with van der Waals surface area (Å²) < 4.78 is 27.2. The fourth-order valence-electron chi connectivity index (χ4n) is 1.98. The third kappa shape index (κ3) is 4.33. The van der Waals surface area contributed by atoms with Crippen LogP contribution in [-0.2, 0) is 12.8 Å². The first-order valence-electron chi connectivity index (χ1n) is 6.08. The molecule has 1 aromatic carbocycles. The molecular weight excluding hydrogens is 328 g/mol. The maximum atomic E-state index is 13.1. The first-order valence-corrected chi connectivity index (χ1v) is 6.87. The molecule has 1 unspecified atom stereocenters. The van der Waals surface area contributed by atoms with Gasteiger partial charge in [-0.1, -0.05) is 0 Å². The Morgan fingerprint density at radius 2 is 1.85 bits per heavy atom. The Balaban J connectivity index is 2.06. The van der Waals surface area contributed by atoms with Gasteiger partial charge in [-0.15, -0.1) is 0 Å². The van der Waals surface area contributed by atoms with Gasteiger partial charge in [0.2, 0.25) is 0 Å². The van der Waals surface area contributed by atoms with Gasteiger partial charge in [0.25, 0.3) is 0 Å². The highest BCUT2D eigenvalue weighted by Gasteiger charge is 2.11. The van der Waals surface area contributed by atoms with Gasteiger partial charge in [0, 0.05) is 34.9 Å². The summed E-state index contributed by atoms with van der Waals surface area (Å²) in [7, 11) is 0. The molecule has 6 heteroatoms. The Morgan fingerprint density at radius 3 is 2.40 bits per heavy atom. The van der Waals surface area contributed by atoms with Crippen LogP contribution >= 0.6 is 15.9 Å². The summed E-state index contributed by atoms with van der Waals surface area (Å²) >= 11 is 3.31. The zero-order valence-electron chi connectivity index (χ0n) is 10.6. The number of hydrogen-bond acceptors (Lipinski definition) is 3. The van der Waals surface area contributed by atoms with E-state index in [4.69, 9.17) is 5.84 Å². The van der Waals surface area contributed by atoms with Crippen molar-refractivity contribution in [2.75, 3.05) is 0 Å². The quantitative estimate of drug-likeness (QED) is 0.649. The minimum atomic E-state index is -0.586. The molecule has 1 aromatic heterocycles. The predicted octanol–water partition coefficient (Wildman–Crippen LogP) is 2.74. The summed E-state index contributed by atoms with van der Waals surface area (Å²) in [5.41, 5.74) is 4.07. The minimum Gasteiger partial charge on any atom is -0.271 e. The second kappa shape index (κ2) is 6.88. The van der Waals surface area contributed by atoms with Crippen molar-refractivity contribution in [3.63, 3.8) is 0 Å². The average molecular weight is 342 g/mol. The highest BCUT2D eigenvalue weighted by atomic mass is 79.9. The van der Waals surface area contributed by atoms with Crippen LogP contribution in [0.3, 0.4) is 0 Å². The lowest BCUT2D eigenvalue weighted by Gasteiger charge is -2.15. The summed E-state index contributed by atoms with van der Waals surface area (Å²) in [6.45, 7) is 0. The van der Waals surface area contributed by atoms with Crippen LogP contribution in [0.4, 0.5) is 8.78 Å². The first-order chi connectivity index (χ1) is 9.56. The maximum Gasteiger partial charge on any atom is 0.126 e. The van der Waals surface area contributed by atoms with E-state index in [-0.39, 0.29) is 6.04 Å². The Bertz CT molecular complexity index is 555. The summed E-state index contributed by atoms with van der Waals surface area (Å²) in [5.74, 6) is 4.33. The van der Waals surface area contributed by atoms with Gasteiger partial charge >= 0.3 is 0 Å². The van der Waals surface area contributed by atoms with Crippen LogP contribution in [-0.4, -0.2) is 11.0 Å². The number of halogens is 3. The number of nitrogens with one attached hydrogen (secondary N) is 1. The lowest BCUT2D eigenvalue weighted by Crippen LogP contribution is -2.38. The van der Waals surface area contributed by atoms with Gasteiger partial charge in [-0.2, -0.15) is 0 Å². The molecule has 0 aliphatic heterocycles.